The Kier molecular flexibility index (Phi) is 17.0. The lowest BCUT2D eigenvalue weighted by Gasteiger charge is -2.29. The minimum atomic E-state index is -6.43. The van der Waals surface area contributed by atoms with Gasteiger partial charge >= 0.3 is 61.3 Å². The van der Waals surface area contributed by atoms with E-state index in [-0.39, 0.29) is 0 Å². The van der Waals surface area contributed by atoms with Crippen LogP contribution in [0.2, 0.25) is 0 Å². The quantitative estimate of drug-likeness (QED) is 0.115. The van der Waals surface area contributed by atoms with Crippen LogP contribution in [0.25, 0.3) is 0 Å². The molecule has 1 aliphatic heterocycles. The molecule has 0 spiro atoms. The van der Waals surface area contributed by atoms with E-state index in [4.69, 9.17) is 9.47 Å². The molecule has 0 N–H and O–H groups in total. The third kappa shape index (κ3) is 17.1. The Morgan fingerprint density at radius 3 is 0.729 bits per heavy atom. The summed E-state index contributed by atoms with van der Waals surface area (Å²) < 4.78 is 343. The molecular formula is C25H22F24O10. The van der Waals surface area contributed by atoms with Crippen LogP contribution >= 0.6 is 0 Å². The first-order chi connectivity index (χ1) is 25.9. The third-order valence-corrected chi connectivity index (χ3v) is 6.30. The number of carbonyl (C=O) groups is 2. The molecule has 34 heteroatoms. The lowest BCUT2D eigenvalue weighted by molar-refractivity contribution is -0.335. The zero-order valence-electron chi connectivity index (χ0n) is 28.1. The largest absolute Gasteiger partial charge is 0.455 e. The van der Waals surface area contributed by atoms with Gasteiger partial charge in [0.25, 0.3) is 0 Å². The van der Waals surface area contributed by atoms with Crippen molar-refractivity contribution in [2.24, 2.45) is 0 Å². The Balaban J connectivity index is 3.57. The Labute approximate surface area is 310 Å². The Bertz CT molecular complexity index is 1130. The molecule has 0 aromatic rings. The van der Waals surface area contributed by atoms with Crippen LogP contribution in [0.5, 0.6) is 0 Å². The van der Waals surface area contributed by atoms with Gasteiger partial charge in [0.2, 0.25) is 24.4 Å². The number of hydrogen-bond donors (Lipinski definition) is 0. The van der Waals surface area contributed by atoms with Gasteiger partial charge in [-0.15, -0.1) is 0 Å². The molecule has 350 valence electrons. The van der Waals surface area contributed by atoms with Gasteiger partial charge in [-0.05, 0) is 13.8 Å². The van der Waals surface area contributed by atoms with Gasteiger partial charge < -0.3 is 37.9 Å². The van der Waals surface area contributed by atoms with Crippen molar-refractivity contribution in [1.29, 1.82) is 0 Å². The highest BCUT2D eigenvalue weighted by Gasteiger charge is 2.62. The molecule has 1 rings (SSSR count). The highest BCUT2D eigenvalue weighted by Crippen LogP contribution is 2.40. The Morgan fingerprint density at radius 1 is 0.407 bits per heavy atom. The second-order valence-corrected chi connectivity index (χ2v) is 11.8. The smallest absolute Gasteiger partial charge is 0.423 e. The van der Waals surface area contributed by atoms with Crippen LogP contribution in [0, 0.1) is 0 Å². The summed E-state index contributed by atoms with van der Waals surface area (Å²) in [5.74, 6) is -7.43. The maximum Gasteiger partial charge on any atom is 0.423 e. The molecule has 1 heterocycles. The first-order valence-electron chi connectivity index (χ1n) is 14.7. The van der Waals surface area contributed by atoms with Crippen LogP contribution in [0.1, 0.15) is 13.8 Å². The van der Waals surface area contributed by atoms with Gasteiger partial charge in [-0.25, -0.2) is 9.59 Å². The van der Waals surface area contributed by atoms with E-state index in [1.54, 1.807) is 0 Å². The Hall–Kier alpha value is -2.98. The molecule has 0 aromatic heterocycles. The monoisotopic (exact) mass is 938 g/mol. The van der Waals surface area contributed by atoms with Crippen LogP contribution in [0.15, 0.2) is 0 Å². The first-order valence-corrected chi connectivity index (χ1v) is 14.7. The van der Waals surface area contributed by atoms with Gasteiger partial charge in [-0.3, -0.25) is 0 Å². The van der Waals surface area contributed by atoms with E-state index in [9.17, 15) is 115 Å². The maximum atomic E-state index is 13.0. The fourth-order valence-electron chi connectivity index (χ4n) is 4.11. The number of esters is 2. The molecule has 0 bridgehead atoms. The number of hydrogen-bond acceptors (Lipinski definition) is 10. The minimum Gasteiger partial charge on any atom is -0.455 e. The topological polar surface area (TPSA) is 108 Å². The van der Waals surface area contributed by atoms with E-state index in [1.165, 1.54) is 0 Å². The predicted molar refractivity (Wildman–Crippen MR) is 131 cm³/mol. The summed E-state index contributed by atoms with van der Waals surface area (Å²) >= 11 is 0. The van der Waals surface area contributed by atoms with Crippen molar-refractivity contribution in [2.45, 2.75) is 118 Å². The van der Waals surface area contributed by atoms with E-state index < -0.39 is 142 Å². The molecule has 0 radical (unpaired) electrons. The molecule has 0 saturated carbocycles. The highest BCUT2D eigenvalue weighted by molar-refractivity contribution is 5.86. The predicted octanol–water partition coefficient (Wildman–Crippen LogP) is 7.37. The van der Waals surface area contributed by atoms with Crippen LogP contribution in [0.4, 0.5) is 105 Å². The van der Waals surface area contributed by atoms with Gasteiger partial charge in [-0.2, -0.15) is 105 Å². The van der Waals surface area contributed by atoms with Gasteiger partial charge in [0, 0.05) is 0 Å². The van der Waals surface area contributed by atoms with Gasteiger partial charge in [-0.1, -0.05) is 0 Å². The summed E-state index contributed by atoms with van der Waals surface area (Å²) in [7, 11) is 0. The van der Waals surface area contributed by atoms with Gasteiger partial charge in [0.15, 0.2) is 18.0 Å². The van der Waals surface area contributed by atoms with Crippen LogP contribution < -0.4 is 0 Å². The Morgan fingerprint density at radius 2 is 0.576 bits per heavy atom. The summed E-state index contributed by atoms with van der Waals surface area (Å²) in [4.78, 5) is 25.8. The fraction of sp³-hybridized carbons (Fsp3) is 0.920. The third-order valence-electron chi connectivity index (χ3n) is 6.30. The second kappa shape index (κ2) is 18.6. The summed E-state index contributed by atoms with van der Waals surface area (Å²) in [5, 5.41) is 0. The van der Waals surface area contributed by atoms with Crippen LogP contribution in [0.3, 0.4) is 0 Å². The molecule has 1 fully saturated rings. The molecule has 0 aliphatic carbocycles. The van der Waals surface area contributed by atoms with Gasteiger partial charge in [0.1, 0.15) is 12.2 Å². The minimum absolute atomic E-state index is 0.664. The first kappa shape index (κ1) is 54.0. The molecule has 1 aliphatic rings. The number of alkyl halides is 24. The summed E-state index contributed by atoms with van der Waals surface area (Å²) in [6.07, 6.45) is -83.5. The molecular weight excluding hydrogens is 916 g/mol. The van der Waals surface area contributed by atoms with Crippen molar-refractivity contribution >= 4 is 11.9 Å². The zero-order chi connectivity index (χ0) is 46.8. The molecule has 59 heavy (non-hydrogen) atoms. The molecule has 0 unspecified atom stereocenters. The van der Waals surface area contributed by atoms with E-state index in [2.05, 4.69) is 28.4 Å². The van der Waals surface area contributed by atoms with Crippen molar-refractivity contribution in [3.05, 3.63) is 0 Å². The number of ether oxygens (including phenoxy) is 8. The average Bonchev–Trinajstić information content (AvgIpc) is 3.27. The lowest BCUT2D eigenvalue weighted by Crippen LogP contribution is -2.50. The molecule has 0 aromatic carbocycles. The average molecular weight is 938 g/mol. The highest BCUT2D eigenvalue weighted by atomic mass is 19.4. The van der Waals surface area contributed by atoms with E-state index >= 15 is 0 Å². The van der Waals surface area contributed by atoms with Crippen LogP contribution in [-0.4, -0.2) is 142 Å². The lowest BCUT2D eigenvalue weighted by atomic mass is 10.2. The van der Waals surface area contributed by atoms with Gasteiger partial charge in [0.05, 0.1) is 26.4 Å². The standard InChI is InChI=1S/C25H22F24O10/c1-17(2)58-9(11(50)56-7(3-52-13(18(26,27)28)19(29,30)31)4-53-14(20(32,33)34)21(35,36)37)10(59-17)12(51)57-8(5-54-15(22(38,39)40)23(41,42)43)6-55-16(24(44,45)46)25(47,48)49/h7-10,13-16H,3-6H2,1-2H3/t9-,10-/m1/s1. The number of halogens is 24. The second-order valence-electron chi connectivity index (χ2n) is 11.8. The number of rotatable bonds is 16. The van der Waals surface area contributed by atoms with E-state index in [1.807, 2.05) is 0 Å². The maximum absolute atomic E-state index is 13.0. The normalized spacial score (nSPS) is 19.3. The molecule has 10 nitrogen and oxygen atoms in total. The summed E-state index contributed by atoms with van der Waals surface area (Å²) in [5.41, 5.74) is 0. The SMILES string of the molecule is CC1(C)O[C@@H](C(=O)OC(COC(C(F)(F)F)C(F)(F)F)COC(C(F)(F)F)C(F)(F)F)[C@H](C(=O)OC(COC(C(F)(F)F)C(F)(F)F)COC(C(F)(F)F)C(F)(F)F)O1. The van der Waals surface area contributed by atoms with E-state index in [0.717, 1.165) is 0 Å². The fourth-order valence-corrected chi connectivity index (χ4v) is 4.11. The molecule has 0 amide bonds. The molecule has 1 saturated heterocycles. The van der Waals surface area contributed by atoms with Crippen molar-refractivity contribution in [3.8, 4) is 0 Å². The summed E-state index contributed by atoms with van der Waals surface area (Å²) in [6.45, 7) is -8.51. The number of carbonyl (C=O) groups excluding carboxylic acids is 2. The molecule has 2 atom stereocenters. The van der Waals surface area contributed by atoms with E-state index in [0.29, 0.717) is 13.8 Å². The van der Waals surface area contributed by atoms with Crippen molar-refractivity contribution in [1.82, 2.24) is 0 Å². The zero-order valence-corrected chi connectivity index (χ0v) is 28.1. The van der Waals surface area contributed by atoms with Crippen molar-refractivity contribution < 1.29 is 153 Å². The van der Waals surface area contributed by atoms with Crippen molar-refractivity contribution in [2.75, 3.05) is 26.4 Å². The summed E-state index contributed by atoms with van der Waals surface area (Å²) in [6, 6.07) is 0. The van der Waals surface area contributed by atoms with Crippen LogP contribution in [-0.2, 0) is 47.5 Å². The van der Waals surface area contributed by atoms with Crippen molar-refractivity contribution in [3.63, 3.8) is 0 Å².